The van der Waals surface area contributed by atoms with Crippen LogP contribution in [0, 0.1) is 13.8 Å². The molecule has 8 nitrogen and oxygen atoms in total. The number of benzene rings is 2. The van der Waals surface area contributed by atoms with Crippen LogP contribution in [0.4, 0.5) is 0 Å². The monoisotopic (exact) mass is 398 g/mol. The summed E-state index contributed by atoms with van der Waals surface area (Å²) in [5.41, 5.74) is 2.70. The third-order valence-electron chi connectivity index (χ3n) is 4.37. The van der Waals surface area contributed by atoms with Gasteiger partial charge in [0.1, 0.15) is 17.2 Å². The maximum atomic E-state index is 12.0. The van der Waals surface area contributed by atoms with Crippen LogP contribution in [0.25, 0.3) is 11.4 Å². The summed E-state index contributed by atoms with van der Waals surface area (Å²) < 4.78 is 26.3. The molecule has 1 aromatic heterocycles. The summed E-state index contributed by atoms with van der Waals surface area (Å²) in [6.45, 7) is 3.55. The predicted molar refractivity (Wildman–Crippen MR) is 104 cm³/mol. The first kappa shape index (κ1) is 20.2. The number of carbonyl (C=O) groups is 1. The smallest absolute Gasteiger partial charge is 0.344 e. The summed E-state index contributed by atoms with van der Waals surface area (Å²) in [5, 5.41) is 3.91. The molecule has 0 saturated heterocycles. The molecule has 0 bridgehead atoms. The number of hydrogen-bond donors (Lipinski definition) is 0. The molecule has 0 aliphatic rings. The van der Waals surface area contributed by atoms with Crippen molar-refractivity contribution in [3.63, 3.8) is 0 Å². The zero-order valence-electron chi connectivity index (χ0n) is 16.7. The minimum atomic E-state index is -0.535. The van der Waals surface area contributed by atoms with Crippen LogP contribution in [-0.4, -0.2) is 36.9 Å². The van der Waals surface area contributed by atoms with Gasteiger partial charge in [-0.05, 0) is 43.2 Å². The number of ether oxygens (including phenoxy) is 4. The van der Waals surface area contributed by atoms with Crippen LogP contribution in [0.3, 0.4) is 0 Å². The van der Waals surface area contributed by atoms with Gasteiger partial charge in [-0.25, -0.2) is 4.79 Å². The van der Waals surface area contributed by atoms with E-state index in [4.69, 9.17) is 23.5 Å². The SMILES string of the molecule is COc1ccc(-c2noc(COC(=O)COc3cccc(C)c3C)n2)c(OC)c1. The first-order valence-electron chi connectivity index (χ1n) is 8.91. The van der Waals surface area contributed by atoms with Gasteiger partial charge in [0.15, 0.2) is 13.2 Å². The van der Waals surface area contributed by atoms with Crippen LogP contribution in [0.1, 0.15) is 17.0 Å². The molecule has 0 N–H and O–H groups in total. The Morgan fingerprint density at radius 1 is 1.07 bits per heavy atom. The molecule has 3 aromatic rings. The summed E-state index contributed by atoms with van der Waals surface area (Å²) in [6, 6.07) is 10.9. The molecule has 152 valence electrons. The van der Waals surface area contributed by atoms with Crippen molar-refractivity contribution in [2.45, 2.75) is 20.5 Å². The lowest BCUT2D eigenvalue weighted by atomic mass is 10.1. The second kappa shape index (κ2) is 9.09. The van der Waals surface area contributed by atoms with E-state index in [1.807, 2.05) is 32.0 Å². The average Bonchev–Trinajstić information content (AvgIpc) is 3.21. The maximum absolute atomic E-state index is 12.0. The van der Waals surface area contributed by atoms with E-state index in [2.05, 4.69) is 10.1 Å². The van der Waals surface area contributed by atoms with Crippen molar-refractivity contribution in [2.24, 2.45) is 0 Å². The molecular weight excluding hydrogens is 376 g/mol. The van der Waals surface area contributed by atoms with Crippen LogP contribution in [-0.2, 0) is 16.1 Å². The van der Waals surface area contributed by atoms with E-state index < -0.39 is 5.97 Å². The minimum absolute atomic E-state index is 0.152. The highest BCUT2D eigenvalue weighted by atomic mass is 16.6. The second-order valence-electron chi connectivity index (χ2n) is 6.23. The van der Waals surface area contributed by atoms with E-state index in [1.54, 1.807) is 25.3 Å². The number of esters is 1. The number of carbonyl (C=O) groups excluding carboxylic acids is 1. The van der Waals surface area contributed by atoms with Gasteiger partial charge < -0.3 is 23.5 Å². The fourth-order valence-electron chi connectivity index (χ4n) is 2.61. The van der Waals surface area contributed by atoms with Crippen molar-refractivity contribution in [2.75, 3.05) is 20.8 Å². The summed E-state index contributed by atoms with van der Waals surface area (Å²) >= 11 is 0. The third kappa shape index (κ3) is 4.84. The zero-order valence-corrected chi connectivity index (χ0v) is 16.7. The quantitative estimate of drug-likeness (QED) is 0.533. The summed E-state index contributed by atoms with van der Waals surface area (Å²) in [6.07, 6.45) is 0. The minimum Gasteiger partial charge on any atom is -0.497 e. The number of rotatable bonds is 8. The number of aryl methyl sites for hydroxylation is 1. The van der Waals surface area contributed by atoms with Crippen LogP contribution >= 0.6 is 0 Å². The normalized spacial score (nSPS) is 10.5. The molecule has 1 heterocycles. The predicted octanol–water partition coefficient (Wildman–Crippen LogP) is 3.49. The third-order valence-corrected chi connectivity index (χ3v) is 4.37. The number of hydrogen-bond acceptors (Lipinski definition) is 8. The molecule has 0 aliphatic carbocycles. The van der Waals surface area contributed by atoms with Crippen LogP contribution in [0.5, 0.6) is 17.2 Å². The van der Waals surface area contributed by atoms with Gasteiger partial charge in [-0.3, -0.25) is 0 Å². The largest absolute Gasteiger partial charge is 0.497 e. The second-order valence-corrected chi connectivity index (χ2v) is 6.23. The highest BCUT2D eigenvalue weighted by molar-refractivity contribution is 5.71. The number of methoxy groups -OCH3 is 2. The molecule has 0 radical (unpaired) electrons. The van der Waals surface area contributed by atoms with Crippen molar-refractivity contribution < 1.29 is 28.3 Å². The molecule has 0 saturated carbocycles. The van der Waals surface area contributed by atoms with Crippen molar-refractivity contribution in [1.82, 2.24) is 10.1 Å². The molecule has 0 spiro atoms. The van der Waals surface area contributed by atoms with Crippen LogP contribution < -0.4 is 14.2 Å². The molecule has 3 rings (SSSR count). The van der Waals surface area contributed by atoms with Gasteiger partial charge in [-0.2, -0.15) is 4.98 Å². The number of aromatic nitrogens is 2. The number of nitrogens with zero attached hydrogens (tertiary/aromatic N) is 2. The summed E-state index contributed by atoms with van der Waals surface area (Å²) in [4.78, 5) is 16.2. The molecule has 0 amide bonds. The molecular formula is C21H22N2O6. The lowest BCUT2D eigenvalue weighted by molar-refractivity contribution is -0.148. The van der Waals surface area contributed by atoms with E-state index in [-0.39, 0.29) is 19.1 Å². The Morgan fingerprint density at radius 3 is 2.66 bits per heavy atom. The van der Waals surface area contributed by atoms with E-state index in [9.17, 15) is 4.79 Å². The van der Waals surface area contributed by atoms with E-state index >= 15 is 0 Å². The Kier molecular flexibility index (Phi) is 6.33. The van der Waals surface area contributed by atoms with Gasteiger partial charge in [0.05, 0.1) is 19.8 Å². The average molecular weight is 398 g/mol. The maximum Gasteiger partial charge on any atom is 0.344 e. The Morgan fingerprint density at radius 2 is 1.90 bits per heavy atom. The van der Waals surface area contributed by atoms with Crippen molar-refractivity contribution in [3.8, 4) is 28.6 Å². The first-order chi connectivity index (χ1) is 14.0. The Hall–Kier alpha value is -3.55. The lowest BCUT2D eigenvalue weighted by Crippen LogP contribution is -2.15. The zero-order chi connectivity index (χ0) is 20.8. The Bertz CT molecular complexity index is 999. The highest BCUT2D eigenvalue weighted by Crippen LogP contribution is 2.31. The fourth-order valence-corrected chi connectivity index (χ4v) is 2.61. The van der Waals surface area contributed by atoms with Crippen molar-refractivity contribution in [3.05, 3.63) is 53.4 Å². The first-order valence-corrected chi connectivity index (χ1v) is 8.91. The van der Waals surface area contributed by atoms with Crippen molar-refractivity contribution in [1.29, 1.82) is 0 Å². The fraction of sp³-hybridized carbons (Fsp3) is 0.286. The molecule has 0 aliphatic heterocycles. The summed E-state index contributed by atoms with van der Waals surface area (Å²) in [7, 11) is 3.11. The van der Waals surface area contributed by atoms with Gasteiger partial charge in [0.25, 0.3) is 5.89 Å². The van der Waals surface area contributed by atoms with Gasteiger partial charge in [0.2, 0.25) is 5.82 Å². The van der Waals surface area contributed by atoms with Gasteiger partial charge in [-0.1, -0.05) is 17.3 Å². The van der Waals surface area contributed by atoms with Crippen LogP contribution in [0.2, 0.25) is 0 Å². The highest BCUT2D eigenvalue weighted by Gasteiger charge is 2.16. The molecule has 8 heteroatoms. The van der Waals surface area contributed by atoms with Crippen LogP contribution in [0.15, 0.2) is 40.9 Å². The van der Waals surface area contributed by atoms with Gasteiger partial charge in [-0.15, -0.1) is 0 Å². The lowest BCUT2D eigenvalue weighted by Gasteiger charge is -2.10. The van der Waals surface area contributed by atoms with Gasteiger partial charge >= 0.3 is 5.97 Å². The molecule has 0 fully saturated rings. The molecule has 29 heavy (non-hydrogen) atoms. The topological polar surface area (TPSA) is 92.9 Å². The standard InChI is InChI=1S/C21H22N2O6/c1-13-6-5-7-17(14(13)2)27-12-20(24)28-11-19-22-21(23-29-19)16-9-8-15(25-3)10-18(16)26-4/h5-10H,11-12H2,1-4H3. The Labute approximate surface area is 168 Å². The molecule has 2 aromatic carbocycles. The van der Waals surface area contributed by atoms with E-state index in [1.165, 1.54) is 7.11 Å². The molecule has 0 atom stereocenters. The van der Waals surface area contributed by atoms with E-state index in [0.717, 1.165) is 11.1 Å². The van der Waals surface area contributed by atoms with Crippen molar-refractivity contribution >= 4 is 5.97 Å². The van der Waals surface area contributed by atoms with E-state index in [0.29, 0.717) is 28.6 Å². The summed E-state index contributed by atoms with van der Waals surface area (Å²) in [5.74, 6) is 1.78. The molecule has 0 unspecified atom stereocenters. The van der Waals surface area contributed by atoms with Gasteiger partial charge in [0, 0.05) is 6.07 Å². The Balaban J connectivity index is 1.58.